The van der Waals surface area contributed by atoms with Gasteiger partial charge in [0.05, 0.1) is 21.2 Å². The number of anilines is 2. The summed E-state index contributed by atoms with van der Waals surface area (Å²) in [5.41, 5.74) is 2.38. The molecule has 0 amide bonds. The van der Waals surface area contributed by atoms with Crippen LogP contribution < -0.4 is 9.44 Å². The van der Waals surface area contributed by atoms with E-state index >= 15 is 0 Å². The van der Waals surface area contributed by atoms with Crippen LogP contribution in [0.1, 0.15) is 15.9 Å². The minimum atomic E-state index is -3.95. The van der Waals surface area contributed by atoms with Crippen LogP contribution in [0.2, 0.25) is 0 Å². The molecule has 0 saturated heterocycles. The van der Waals surface area contributed by atoms with Crippen molar-refractivity contribution >= 4 is 82.4 Å². The topological polar surface area (TPSA) is 109 Å². The summed E-state index contributed by atoms with van der Waals surface area (Å²) in [7, 11) is -7.90. The summed E-state index contributed by atoms with van der Waals surface area (Å²) in [6, 6.07) is 22.6. The Hall–Kier alpha value is -2.49. The summed E-state index contributed by atoms with van der Waals surface area (Å²) in [5.74, 6) is -0.433. The number of halogens is 2. The highest BCUT2D eigenvalue weighted by atomic mass is 127. The minimum Gasteiger partial charge on any atom is -0.289 e. The highest BCUT2D eigenvalue weighted by molar-refractivity contribution is 14.1. The Kier molecular flexibility index (Phi) is 6.59. The lowest BCUT2D eigenvalue weighted by Crippen LogP contribution is -2.14. The number of ketones is 1. The van der Waals surface area contributed by atoms with Gasteiger partial charge in [0.2, 0.25) is 0 Å². The van der Waals surface area contributed by atoms with Crippen LogP contribution in [0.4, 0.5) is 11.4 Å². The number of hydrogen-bond acceptors (Lipinski definition) is 5. The van der Waals surface area contributed by atoms with Crippen LogP contribution in [0.25, 0.3) is 11.1 Å². The number of carbonyl (C=O) groups is 1. The van der Waals surface area contributed by atoms with E-state index in [1.165, 1.54) is 24.3 Å². The van der Waals surface area contributed by atoms with E-state index in [2.05, 4.69) is 9.44 Å². The van der Waals surface area contributed by atoms with Gasteiger partial charge in [0, 0.05) is 18.3 Å². The van der Waals surface area contributed by atoms with Gasteiger partial charge in [0.15, 0.2) is 5.78 Å². The predicted octanol–water partition coefficient (Wildman–Crippen LogP) is 5.71. The van der Waals surface area contributed by atoms with Crippen LogP contribution in [-0.2, 0) is 20.0 Å². The second-order valence-electron chi connectivity index (χ2n) is 7.91. The van der Waals surface area contributed by atoms with Gasteiger partial charge in [-0.25, -0.2) is 16.8 Å². The van der Waals surface area contributed by atoms with Gasteiger partial charge >= 0.3 is 0 Å². The van der Waals surface area contributed by atoms with E-state index < -0.39 is 25.8 Å². The molecule has 4 aromatic rings. The Morgan fingerprint density at radius 3 is 1.31 bits per heavy atom. The third-order valence-electron chi connectivity index (χ3n) is 5.62. The van der Waals surface area contributed by atoms with E-state index in [1.54, 1.807) is 60.7 Å². The lowest BCUT2D eigenvalue weighted by atomic mass is 10.1. The van der Waals surface area contributed by atoms with Crippen LogP contribution in [0.3, 0.4) is 0 Å². The number of fused-ring (bicyclic) bond motifs is 3. The number of rotatable bonds is 6. The Balaban J connectivity index is 1.48. The molecular formula is C25H16I2N2O5S2. The monoisotopic (exact) mass is 742 g/mol. The van der Waals surface area contributed by atoms with Crippen LogP contribution in [0, 0.1) is 7.14 Å². The zero-order valence-corrected chi connectivity index (χ0v) is 24.1. The molecule has 4 aromatic carbocycles. The van der Waals surface area contributed by atoms with E-state index in [9.17, 15) is 21.6 Å². The first-order chi connectivity index (χ1) is 17.1. The molecule has 11 heteroatoms. The summed E-state index contributed by atoms with van der Waals surface area (Å²) in [4.78, 5) is 13.1. The molecule has 0 fully saturated rings. The lowest BCUT2D eigenvalue weighted by molar-refractivity contribution is 0.104. The SMILES string of the molecule is O=C1c2cc(S(=O)(=O)Nc3ccccc3I)ccc2-c2ccc(S(=O)(=O)Nc3ccccc3I)cc21. The standard InChI is InChI=1S/C25H16I2N2O5S2/c26-21-5-1-3-7-23(21)28-35(31,32)15-9-11-17-18-12-10-16(14-20(18)25(30)19(17)13-15)36(33,34)29-24-8-4-2-6-22(24)27/h1-14,28-29H. The van der Waals surface area contributed by atoms with E-state index in [-0.39, 0.29) is 20.9 Å². The molecule has 36 heavy (non-hydrogen) atoms. The Bertz CT molecular complexity index is 1640. The van der Waals surface area contributed by atoms with Crippen molar-refractivity contribution in [1.29, 1.82) is 0 Å². The fourth-order valence-corrected chi connectivity index (χ4v) is 7.49. The number of carbonyl (C=O) groups excluding carboxylic acids is 1. The normalized spacial score (nSPS) is 12.7. The number of para-hydroxylation sites is 2. The number of benzene rings is 4. The zero-order valence-electron chi connectivity index (χ0n) is 18.2. The van der Waals surface area contributed by atoms with E-state index in [0.717, 1.165) is 7.14 Å². The smallest absolute Gasteiger partial charge is 0.261 e. The Morgan fingerprint density at radius 2 is 0.917 bits per heavy atom. The van der Waals surface area contributed by atoms with Crippen molar-refractivity contribution in [3.05, 3.63) is 103 Å². The Morgan fingerprint density at radius 1 is 0.528 bits per heavy atom. The van der Waals surface area contributed by atoms with Gasteiger partial charge < -0.3 is 0 Å². The van der Waals surface area contributed by atoms with Crippen molar-refractivity contribution in [2.45, 2.75) is 9.79 Å². The van der Waals surface area contributed by atoms with Crippen molar-refractivity contribution in [2.75, 3.05) is 9.44 Å². The molecule has 0 saturated carbocycles. The first-order valence-corrected chi connectivity index (χ1v) is 15.6. The van der Waals surface area contributed by atoms with Gasteiger partial charge in [0.25, 0.3) is 20.0 Å². The molecule has 0 heterocycles. The van der Waals surface area contributed by atoms with Crippen molar-refractivity contribution in [1.82, 2.24) is 0 Å². The lowest BCUT2D eigenvalue weighted by Gasteiger charge is -2.11. The fourth-order valence-electron chi connectivity index (χ4n) is 3.87. The van der Waals surface area contributed by atoms with E-state index in [1.807, 2.05) is 45.2 Å². The third kappa shape index (κ3) is 4.64. The highest BCUT2D eigenvalue weighted by Gasteiger charge is 2.30. The predicted molar refractivity (Wildman–Crippen MR) is 155 cm³/mol. The van der Waals surface area contributed by atoms with Crippen molar-refractivity contribution in [3.8, 4) is 11.1 Å². The average molecular weight is 742 g/mol. The van der Waals surface area contributed by atoms with Gasteiger partial charge in [0.1, 0.15) is 0 Å². The molecule has 0 aliphatic heterocycles. The molecule has 182 valence electrons. The minimum absolute atomic E-state index is 0.0600. The van der Waals surface area contributed by atoms with Crippen LogP contribution >= 0.6 is 45.2 Å². The van der Waals surface area contributed by atoms with Gasteiger partial charge in [-0.15, -0.1) is 0 Å². The highest BCUT2D eigenvalue weighted by Crippen LogP contribution is 2.39. The first-order valence-electron chi connectivity index (χ1n) is 10.4. The Labute approximate surface area is 235 Å². The summed E-state index contributed by atoms with van der Waals surface area (Å²) in [5, 5.41) is 0. The average Bonchev–Trinajstić information content (AvgIpc) is 3.13. The largest absolute Gasteiger partial charge is 0.289 e. The molecular weight excluding hydrogens is 726 g/mol. The van der Waals surface area contributed by atoms with Crippen LogP contribution in [0.5, 0.6) is 0 Å². The van der Waals surface area contributed by atoms with E-state index in [4.69, 9.17) is 0 Å². The second-order valence-corrected chi connectivity index (χ2v) is 13.6. The zero-order chi connectivity index (χ0) is 25.7. The maximum atomic E-state index is 13.2. The van der Waals surface area contributed by atoms with Crippen LogP contribution in [0.15, 0.2) is 94.7 Å². The number of nitrogens with one attached hydrogen (secondary N) is 2. The van der Waals surface area contributed by atoms with Crippen molar-refractivity contribution < 1.29 is 21.6 Å². The number of hydrogen-bond donors (Lipinski definition) is 2. The van der Waals surface area contributed by atoms with Crippen LogP contribution in [-0.4, -0.2) is 22.6 Å². The quantitative estimate of drug-likeness (QED) is 0.217. The van der Waals surface area contributed by atoms with Gasteiger partial charge in [-0.3, -0.25) is 14.2 Å². The molecule has 0 spiro atoms. The number of sulfonamides is 2. The molecule has 1 aliphatic carbocycles. The molecule has 0 bridgehead atoms. The molecule has 0 atom stereocenters. The van der Waals surface area contributed by atoms with E-state index in [0.29, 0.717) is 22.5 Å². The first kappa shape index (κ1) is 25.2. The van der Waals surface area contributed by atoms with Crippen molar-refractivity contribution in [2.24, 2.45) is 0 Å². The summed E-state index contributed by atoms with van der Waals surface area (Å²) in [6.45, 7) is 0. The third-order valence-corrected chi connectivity index (χ3v) is 10.2. The summed E-state index contributed by atoms with van der Waals surface area (Å²) < 4.78 is 58.6. The van der Waals surface area contributed by atoms with Gasteiger partial charge in [-0.1, -0.05) is 36.4 Å². The van der Waals surface area contributed by atoms with Crippen molar-refractivity contribution in [3.63, 3.8) is 0 Å². The fraction of sp³-hybridized carbons (Fsp3) is 0. The summed E-state index contributed by atoms with van der Waals surface area (Å²) >= 11 is 4.07. The molecule has 1 aliphatic rings. The van der Waals surface area contributed by atoms with Gasteiger partial charge in [-0.2, -0.15) is 0 Å². The maximum Gasteiger partial charge on any atom is 0.261 e. The second kappa shape index (κ2) is 9.43. The summed E-state index contributed by atoms with van der Waals surface area (Å²) in [6.07, 6.45) is 0. The molecule has 2 N–H and O–H groups in total. The molecule has 7 nitrogen and oxygen atoms in total. The van der Waals surface area contributed by atoms with Gasteiger partial charge in [-0.05, 0) is 105 Å². The maximum absolute atomic E-state index is 13.2. The molecule has 0 unspecified atom stereocenters. The molecule has 0 aromatic heterocycles. The molecule has 5 rings (SSSR count). The molecule has 0 radical (unpaired) electrons.